The van der Waals surface area contributed by atoms with Gasteiger partial charge in [-0.05, 0) is 12.0 Å². The van der Waals surface area contributed by atoms with Gasteiger partial charge in [-0.3, -0.25) is 4.68 Å². The summed E-state index contributed by atoms with van der Waals surface area (Å²) in [5.41, 5.74) is 2.13. The van der Waals surface area contributed by atoms with Crippen LogP contribution in [0.1, 0.15) is 11.4 Å². The van der Waals surface area contributed by atoms with Gasteiger partial charge in [-0.2, -0.15) is 5.10 Å². The quantitative estimate of drug-likeness (QED) is 0.586. The normalized spacial score (nSPS) is 11.1. The van der Waals surface area contributed by atoms with Gasteiger partial charge < -0.3 is 9.88 Å². The van der Waals surface area contributed by atoms with Crippen LogP contribution in [-0.2, 0) is 26.6 Å². The van der Waals surface area contributed by atoms with Gasteiger partial charge in [0.15, 0.2) is 5.65 Å². The van der Waals surface area contributed by atoms with Crippen molar-refractivity contribution in [3.8, 4) is 0 Å². The van der Waals surface area contributed by atoms with Gasteiger partial charge in [-0.1, -0.05) is 30.3 Å². The molecule has 0 spiro atoms. The Labute approximate surface area is 145 Å². The van der Waals surface area contributed by atoms with Crippen LogP contribution in [0.3, 0.4) is 0 Å². The van der Waals surface area contributed by atoms with Gasteiger partial charge in [0.1, 0.15) is 18.0 Å². The van der Waals surface area contributed by atoms with Crippen molar-refractivity contribution in [3.05, 3.63) is 66.6 Å². The fourth-order valence-corrected chi connectivity index (χ4v) is 2.87. The topological polar surface area (TPSA) is 73.5 Å². The molecule has 126 valence electrons. The summed E-state index contributed by atoms with van der Waals surface area (Å²) in [6.07, 6.45) is 8.15. The zero-order valence-corrected chi connectivity index (χ0v) is 14.0. The Hall–Kier alpha value is -3.22. The van der Waals surface area contributed by atoms with Crippen LogP contribution in [0.4, 0.5) is 5.82 Å². The predicted molar refractivity (Wildman–Crippen MR) is 96.0 cm³/mol. The highest BCUT2D eigenvalue weighted by Crippen LogP contribution is 2.18. The van der Waals surface area contributed by atoms with Crippen LogP contribution >= 0.6 is 0 Å². The van der Waals surface area contributed by atoms with E-state index in [1.165, 1.54) is 5.56 Å². The third-order valence-corrected chi connectivity index (χ3v) is 4.23. The van der Waals surface area contributed by atoms with E-state index in [1.807, 2.05) is 25.5 Å². The van der Waals surface area contributed by atoms with E-state index in [0.29, 0.717) is 6.54 Å². The van der Waals surface area contributed by atoms with Gasteiger partial charge in [0, 0.05) is 26.0 Å². The van der Waals surface area contributed by atoms with E-state index in [-0.39, 0.29) is 0 Å². The van der Waals surface area contributed by atoms with Gasteiger partial charge in [0.25, 0.3) is 0 Å². The van der Waals surface area contributed by atoms with E-state index in [9.17, 15) is 0 Å². The minimum absolute atomic E-state index is 0.600. The van der Waals surface area contributed by atoms with E-state index in [4.69, 9.17) is 0 Å². The van der Waals surface area contributed by atoms with Crippen molar-refractivity contribution in [2.75, 3.05) is 5.32 Å². The van der Waals surface area contributed by atoms with E-state index in [1.54, 1.807) is 17.2 Å². The average Bonchev–Trinajstić information content (AvgIpc) is 3.26. The molecule has 0 aliphatic heterocycles. The van der Waals surface area contributed by atoms with Gasteiger partial charge in [0.05, 0.1) is 18.1 Å². The van der Waals surface area contributed by atoms with E-state index < -0.39 is 0 Å². The highest BCUT2D eigenvalue weighted by molar-refractivity contribution is 5.85. The molecule has 0 saturated carbocycles. The van der Waals surface area contributed by atoms with Crippen molar-refractivity contribution >= 4 is 16.9 Å². The lowest BCUT2D eigenvalue weighted by Crippen LogP contribution is -2.11. The van der Waals surface area contributed by atoms with Crippen LogP contribution < -0.4 is 5.32 Å². The molecule has 0 saturated heterocycles. The number of hydrogen-bond donors (Lipinski definition) is 1. The Balaban J connectivity index is 1.46. The van der Waals surface area contributed by atoms with Crippen molar-refractivity contribution in [2.45, 2.75) is 19.5 Å². The molecule has 0 amide bonds. The first-order chi connectivity index (χ1) is 12.3. The first-order valence-corrected chi connectivity index (χ1v) is 8.22. The third kappa shape index (κ3) is 3.21. The summed E-state index contributed by atoms with van der Waals surface area (Å²) >= 11 is 0. The lowest BCUT2D eigenvalue weighted by molar-refractivity contribution is 0.658. The number of nitrogens with one attached hydrogen (secondary N) is 1. The fourth-order valence-electron chi connectivity index (χ4n) is 2.87. The Morgan fingerprint density at radius 3 is 2.84 bits per heavy atom. The number of aryl methyl sites for hydroxylation is 3. The molecule has 0 unspecified atom stereocenters. The second-order valence-electron chi connectivity index (χ2n) is 5.85. The Kier molecular flexibility index (Phi) is 4.12. The molecule has 0 aliphatic rings. The Morgan fingerprint density at radius 2 is 1.96 bits per heavy atom. The van der Waals surface area contributed by atoms with Crippen molar-refractivity contribution < 1.29 is 0 Å². The molecular formula is C18H19N7. The minimum Gasteiger partial charge on any atom is -0.362 e. The zero-order chi connectivity index (χ0) is 17.1. The number of hydrogen-bond acceptors (Lipinski definition) is 5. The molecule has 3 aromatic heterocycles. The SMILES string of the molecule is Cn1ncc2c(NCc3nccn3CCc3ccccc3)ncnc21. The van der Waals surface area contributed by atoms with Crippen molar-refractivity contribution in [2.24, 2.45) is 7.05 Å². The monoisotopic (exact) mass is 333 g/mol. The zero-order valence-electron chi connectivity index (χ0n) is 14.0. The molecular weight excluding hydrogens is 314 g/mol. The van der Waals surface area contributed by atoms with Gasteiger partial charge in [0.2, 0.25) is 0 Å². The van der Waals surface area contributed by atoms with Crippen LogP contribution in [-0.4, -0.2) is 29.3 Å². The van der Waals surface area contributed by atoms with Gasteiger partial charge in [-0.15, -0.1) is 0 Å². The summed E-state index contributed by atoms with van der Waals surface area (Å²) in [5.74, 6) is 1.75. The summed E-state index contributed by atoms with van der Waals surface area (Å²) in [4.78, 5) is 13.1. The second kappa shape index (κ2) is 6.72. The number of benzene rings is 1. The molecule has 4 rings (SSSR count). The summed E-state index contributed by atoms with van der Waals surface area (Å²) in [7, 11) is 1.87. The maximum Gasteiger partial charge on any atom is 0.163 e. The standard InChI is InChI=1S/C18H19N7/c1-24-18-15(11-23-24)17(21-13-22-18)20-12-16-19-8-10-25(16)9-7-14-5-3-2-4-6-14/h2-6,8,10-11,13H,7,9,12H2,1H3,(H,20,21,22). The molecule has 0 fully saturated rings. The first kappa shape index (κ1) is 15.3. The Bertz CT molecular complexity index is 971. The summed E-state index contributed by atoms with van der Waals surface area (Å²) in [6, 6.07) is 10.5. The minimum atomic E-state index is 0.600. The maximum atomic E-state index is 4.47. The Morgan fingerprint density at radius 1 is 1.08 bits per heavy atom. The van der Waals surface area contributed by atoms with Crippen LogP contribution in [0, 0.1) is 0 Å². The molecule has 3 heterocycles. The molecule has 25 heavy (non-hydrogen) atoms. The number of anilines is 1. The first-order valence-electron chi connectivity index (χ1n) is 8.22. The van der Waals surface area contributed by atoms with Crippen LogP contribution in [0.25, 0.3) is 11.0 Å². The molecule has 7 heteroatoms. The van der Waals surface area contributed by atoms with Crippen molar-refractivity contribution in [1.29, 1.82) is 0 Å². The second-order valence-corrected chi connectivity index (χ2v) is 5.85. The number of fused-ring (bicyclic) bond motifs is 1. The molecule has 0 aliphatic carbocycles. The molecule has 0 bridgehead atoms. The lowest BCUT2D eigenvalue weighted by Gasteiger charge is -2.10. The van der Waals surface area contributed by atoms with Gasteiger partial charge in [-0.25, -0.2) is 15.0 Å². The van der Waals surface area contributed by atoms with Crippen molar-refractivity contribution in [3.63, 3.8) is 0 Å². The molecule has 4 aromatic rings. The predicted octanol–water partition coefficient (Wildman–Crippen LogP) is 2.41. The highest BCUT2D eigenvalue weighted by Gasteiger charge is 2.09. The molecule has 1 N–H and O–H groups in total. The van der Waals surface area contributed by atoms with E-state index >= 15 is 0 Å². The third-order valence-electron chi connectivity index (χ3n) is 4.23. The number of imidazole rings is 1. The molecule has 0 atom stereocenters. The van der Waals surface area contributed by atoms with Crippen LogP contribution in [0.15, 0.2) is 55.2 Å². The van der Waals surface area contributed by atoms with E-state index in [0.717, 1.165) is 35.6 Å². The number of nitrogens with zero attached hydrogens (tertiary/aromatic N) is 6. The maximum absolute atomic E-state index is 4.47. The highest BCUT2D eigenvalue weighted by atomic mass is 15.3. The van der Waals surface area contributed by atoms with Crippen LogP contribution in [0.5, 0.6) is 0 Å². The number of aromatic nitrogens is 6. The summed E-state index contributed by atoms with van der Waals surface area (Å²) in [6.45, 7) is 1.50. The number of rotatable bonds is 6. The fraction of sp³-hybridized carbons (Fsp3) is 0.222. The molecule has 1 aromatic carbocycles. The summed E-state index contributed by atoms with van der Waals surface area (Å²) < 4.78 is 3.91. The molecule has 7 nitrogen and oxygen atoms in total. The average molecular weight is 333 g/mol. The smallest absolute Gasteiger partial charge is 0.163 e. The molecule has 0 radical (unpaired) electrons. The van der Waals surface area contributed by atoms with Crippen LogP contribution in [0.2, 0.25) is 0 Å². The lowest BCUT2D eigenvalue weighted by atomic mass is 10.1. The van der Waals surface area contributed by atoms with Crippen molar-refractivity contribution in [1.82, 2.24) is 29.3 Å². The van der Waals surface area contributed by atoms with Gasteiger partial charge >= 0.3 is 0 Å². The summed E-state index contributed by atoms with van der Waals surface area (Å²) in [5, 5.41) is 8.50. The van der Waals surface area contributed by atoms with E-state index in [2.05, 4.69) is 54.2 Å². The largest absolute Gasteiger partial charge is 0.362 e.